The van der Waals surface area contributed by atoms with Gasteiger partial charge in [-0.15, -0.1) is 0 Å². The summed E-state index contributed by atoms with van der Waals surface area (Å²) in [7, 11) is -0.685. The molecule has 0 spiro atoms. The summed E-state index contributed by atoms with van der Waals surface area (Å²) in [5.74, 6) is -1.35. The van der Waals surface area contributed by atoms with E-state index in [4.69, 9.17) is 5.11 Å². The van der Waals surface area contributed by atoms with Gasteiger partial charge in [-0.2, -0.15) is 0 Å². The van der Waals surface area contributed by atoms with Crippen LogP contribution >= 0.6 is 0 Å². The van der Waals surface area contributed by atoms with Crippen molar-refractivity contribution in [1.29, 1.82) is 0 Å². The highest BCUT2D eigenvalue weighted by atomic mass is 32.2. The number of aliphatic carboxylic acids is 1. The van der Waals surface area contributed by atoms with E-state index >= 15 is 0 Å². The SMILES string of the molecule is CN(C)C1=NC(C(=O)O)=CS1(=O)=O. The molecule has 7 heteroatoms. The van der Waals surface area contributed by atoms with Gasteiger partial charge in [-0.1, -0.05) is 0 Å². The number of nitrogens with zero attached hydrogens (tertiary/aromatic N) is 2. The van der Waals surface area contributed by atoms with Gasteiger partial charge in [-0.3, -0.25) is 0 Å². The van der Waals surface area contributed by atoms with Crippen molar-refractivity contribution >= 4 is 21.0 Å². The molecule has 13 heavy (non-hydrogen) atoms. The molecule has 0 amide bonds. The van der Waals surface area contributed by atoms with Crippen LogP contribution in [0.5, 0.6) is 0 Å². The van der Waals surface area contributed by atoms with Crippen LogP contribution in [0.15, 0.2) is 16.1 Å². The van der Waals surface area contributed by atoms with Crippen LogP contribution < -0.4 is 0 Å². The number of hydrogen-bond acceptors (Lipinski definition) is 5. The van der Waals surface area contributed by atoms with Crippen molar-refractivity contribution in [1.82, 2.24) is 4.90 Å². The zero-order chi connectivity index (χ0) is 10.2. The molecule has 1 rings (SSSR count). The van der Waals surface area contributed by atoms with Crippen molar-refractivity contribution in [3.63, 3.8) is 0 Å². The third-order valence-electron chi connectivity index (χ3n) is 1.34. The number of rotatable bonds is 1. The lowest BCUT2D eigenvalue weighted by Crippen LogP contribution is -2.26. The Morgan fingerprint density at radius 3 is 2.31 bits per heavy atom. The van der Waals surface area contributed by atoms with E-state index < -0.39 is 21.5 Å². The molecule has 72 valence electrons. The molecule has 0 aromatic heterocycles. The van der Waals surface area contributed by atoms with E-state index in [0.717, 1.165) is 0 Å². The average molecular weight is 204 g/mol. The lowest BCUT2D eigenvalue weighted by Gasteiger charge is -2.09. The summed E-state index contributed by atoms with van der Waals surface area (Å²) in [6, 6.07) is 0. The molecule has 1 aliphatic rings. The first kappa shape index (κ1) is 9.72. The van der Waals surface area contributed by atoms with E-state index in [9.17, 15) is 13.2 Å². The van der Waals surface area contributed by atoms with Crippen molar-refractivity contribution < 1.29 is 18.3 Å². The largest absolute Gasteiger partial charge is 0.476 e. The Morgan fingerprint density at radius 1 is 1.54 bits per heavy atom. The molecule has 0 aromatic carbocycles. The number of hydrogen-bond donors (Lipinski definition) is 1. The summed E-state index contributed by atoms with van der Waals surface area (Å²) in [6.07, 6.45) is 0. The molecule has 0 saturated heterocycles. The number of carbonyl (C=O) groups is 1. The Hall–Kier alpha value is -1.37. The fourth-order valence-corrected chi connectivity index (χ4v) is 2.13. The third-order valence-corrected chi connectivity index (χ3v) is 2.84. The molecule has 0 saturated carbocycles. The number of amidine groups is 1. The van der Waals surface area contributed by atoms with Crippen molar-refractivity contribution in [2.24, 2.45) is 4.99 Å². The maximum absolute atomic E-state index is 11.2. The topological polar surface area (TPSA) is 87.0 Å². The van der Waals surface area contributed by atoms with E-state index in [1.54, 1.807) is 0 Å². The number of carboxylic acids is 1. The Balaban J connectivity index is 3.20. The summed E-state index contributed by atoms with van der Waals surface area (Å²) in [5.41, 5.74) is -0.455. The van der Waals surface area contributed by atoms with Crippen molar-refractivity contribution in [3.05, 3.63) is 11.1 Å². The summed E-state index contributed by atoms with van der Waals surface area (Å²) < 4.78 is 22.4. The first-order valence-electron chi connectivity index (χ1n) is 3.30. The highest BCUT2D eigenvalue weighted by Gasteiger charge is 2.29. The summed E-state index contributed by atoms with van der Waals surface area (Å²) in [4.78, 5) is 15.1. The van der Waals surface area contributed by atoms with E-state index in [1.165, 1.54) is 19.0 Å². The fourth-order valence-electron chi connectivity index (χ4n) is 0.845. The van der Waals surface area contributed by atoms with Crippen molar-refractivity contribution in [3.8, 4) is 0 Å². The molecular weight excluding hydrogens is 196 g/mol. The molecule has 0 radical (unpaired) electrons. The van der Waals surface area contributed by atoms with Gasteiger partial charge in [-0.05, 0) is 0 Å². The van der Waals surface area contributed by atoms with Crippen LogP contribution in [0, 0.1) is 0 Å². The second-order valence-electron chi connectivity index (χ2n) is 2.64. The zero-order valence-corrected chi connectivity index (χ0v) is 7.87. The van der Waals surface area contributed by atoms with Crippen LogP contribution in [-0.2, 0) is 14.6 Å². The fraction of sp³-hybridized carbons (Fsp3) is 0.333. The first-order chi connectivity index (χ1) is 5.84. The van der Waals surface area contributed by atoms with E-state index in [0.29, 0.717) is 5.41 Å². The quantitative estimate of drug-likeness (QED) is 0.607. The van der Waals surface area contributed by atoms with Gasteiger partial charge in [0.15, 0.2) is 5.70 Å². The molecule has 0 aliphatic carbocycles. The Bertz CT molecular complexity index is 404. The van der Waals surface area contributed by atoms with Gasteiger partial charge in [0.1, 0.15) is 0 Å². The van der Waals surface area contributed by atoms with Crippen LogP contribution in [-0.4, -0.2) is 43.7 Å². The van der Waals surface area contributed by atoms with Crippen LogP contribution in [0.4, 0.5) is 0 Å². The van der Waals surface area contributed by atoms with Gasteiger partial charge in [-0.25, -0.2) is 18.2 Å². The summed E-state index contributed by atoms with van der Waals surface area (Å²) in [5, 5.41) is 8.88. The molecule has 1 N–H and O–H groups in total. The minimum absolute atomic E-state index is 0.245. The Kier molecular flexibility index (Phi) is 2.12. The van der Waals surface area contributed by atoms with Gasteiger partial charge >= 0.3 is 5.97 Å². The second-order valence-corrected chi connectivity index (χ2v) is 4.33. The lowest BCUT2D eigenvalue weighted by atomic mass is 10.5. The predicted molar refractivity (Wildman–Crippen MR) is 45.8 cm³/mol. The standard InChI is InChI=1S/C6H8N2O4S/c1-8(2)6-7-4(5(9)10)3-13(6,11)12/h3H,1-2H3,(H,9,10). The minimum atomic E-state index is -3.65. The van der Waals surface area contributed by atoms with Gasteiger partial charge in [0.05, 0.1) is 5.41 Å². The molecule has 0 aromatic rings. The van der Waals surface area contributed by atoms with Gasteiger partial charge in [0.25, 0.3) is 0 Å². The molecule has 0 unspecified atom stereocenters. The highest BCUT2D eigenvalue weighted by Crippen LogP contribution is 2.15. The van der Waals surface area contributed by atoms with Crippen LogP contribution in [0.3, 0.4) is 0 Å². The maximum Gasteiger partial charge on any atom is 0.355 e. The molecule has 0 fully saturated rings. The van der Waals surface area contributed by atoms with Crippen LogP contribution in [0.1, 0.15) is 0 Å². The predicted octanol–water partition coefficient (Wildman–Crippen LogP) is -0.742. The monoisotopic (exact) mass is 204 g/mol. The van der Waals surface area contributed by atoms with E-state index in [1.807, 2.05) is 0 Å². The maximum atomic E-state index is 11.2. The van der Waals surface area contributed by atoms with Gasteiger partial charge in [0, 0.05) is 14.1 Å². The summed E-state index contributed by atoms with van der Waals surface area (Å²) >= 11 is 0. The Labute approximate surface area is 75.1 Å². The molecule has 1 aliphatic heterocycles. The van der Waals surface area contributed by atoms with Crippen molar-refractivity contribution in [2.45, 2.75) is 0 Å². The van der Waals surface area contributed by atoms with E-state index in [-0.39, 0.29) is 5.17 Å². The summed E-state index contributed by atoms with van der Waals surface area (Å²) in [6.45, 7) is 0. The molecular formula is C6H8N2O4S. The number of carboxylic acid groups (broad SMARTS) is 1. The Morgan fingerprint density at radius 2 is 2.08 bits per heavy atom. The van der Waals surface area contributed by atoms with Crippen LogP contribution in [0.2, 0.25) is 0 Å². The number of aliphatic imine (C=N–C) groups is 1. The first-order valence-corrected chi connectivity index (χ1v) is 4.85. The molecule has 1 heterocycles. The lowest BCUT2D eigenvalue weighted by molar-refractivity contribution is -0.132. The highest BCUT2D eigenvalue weighted by molar-refractivity contribution is 8.09. The number of sulfone groups is 1. The minimum Gasteiger partial charge on any atom is -0.476 e. The normalized spacial score (nSPS) is 19.2. The smallest absolute Gasteiger partial charge is 0.355 e. The zero-order valence-electron chi connectivity index (χ0n) is 7.05. The molecule has 6 nitrogen and oxygen atoms in total. The molecule has 0 bridgehead atoms. The van der Waals surface area contributed by atoms with E-state index in [2.05, 4.69) is 4.99 Å². The third kappa shape index (κ3) is 1.69. The second kappa shape index (κ2) is 2.84. The van der Waals surface area contributed by atoms with Crippen molar-refractivity contribution in [2.75, 3.05) is 14.1 Å². The van der Waals surface area contributed by atoms with Gasteiger partial charge < -0.3 is 10.0 Å². The average Bonchev–Trinajstić information content (AvgIpc) is 2.25. The van der Waals surface area contributed by atoms with Crippen LogP contribution in [0.25, 0.3) is 0 Å². The molecule has 0 atom stereocenters. The van der Waals surface area contributed by atoms with Gasteiger partial charge in [0.2, 0.25) is 15.0 Å².